The molecule has 0 saturated heterocycles. The van der Waals surface area contributed by atoms with E-state index >= 15 is 0 Å². The van der Waals surface area contributed by atoms with Gasteiger partial charge in [0.25, 0.3) is 0 Å². The van der Waals surface area contributed by atoms with Crippen molar-refractivity contribution in [2.45, 2.75) is 51.5 Å². The maximum Gasteiger partial charge on any atom is 0.222 e. The standard InChI is InChI=1S/C16H24N2O/c1-13-5-8-15(9-6-13)18(2)16(19)10-7-14-4-3-11-17-12-14/h3-4,11-13,15H,5-10H2,1-2H3. The molecular weight excluding hydrogens is 236 g/mol. The zero-order chi connectivity index (χ0) is 13.7. The Morgan fingerprint density at radius 2 is 2.11 bits per heavy atom. The minimum absolute atomic E-state index is 0.267. The van der Waals surface area contributed by atoms with Crippen molar-refractivity contribution in [2.24, 2.45) is 5.92 Å². The molecule has 3 nitrogen and oxygen atoms in total. The zero-order valence-corrected chi connectivity index (χ0v) is 12.0. The predicted octanol–water partition coefficient (Wildman–Crippen LogP) is 3.05. The minimum Gasteiger partial charge on any atom is -0.343 e. The van der Waals surface area contributed by atoms with Gasteiger partial charge in [0.15, 0.2) is 0 Å². The van der Waals surface area contributed by atoms with Gasteiger partial charge in [-0.3, -0.25) is 9.78 Å². The number of aromatic nitrogens is 1. The van der Waals surface area contributed by atoms with Crippen molar-refractivity contribution in [3.05, 3.63) is 30.1 Å². The van der Waals surface area contributed by atoms with Gasteiger partial charge in [-0.2, -0.15) is 0 Å². The first-order valence-corrected chi connectivity index (χ1v) is 7.31. The van der Waals surface area contributed by atoms with Crippen molar-refractivity contribution in [1.29, 1.82) is 0 Å². The number of carbonyl (C=O) groups is 1. The fraction of sp³-hybridized carbons (Fsp3) is 0.625. The molecule has 3 heteroatoms. The number of pyridine rings is 1. The van der Waals surface area contributed by atoms with Crippen LogP contribution in [0.25, 0.3) is 0 Å². The van der Waals surface area contributed by atoms with Gasteiger partial charge < -0.3 is 4.90 Å². The highest BCUT2D eigenvalue weighted by atomic mass is 16.2. The van der Waals surface area contributed by atoms with Crippen LogP contribution in [-0.4, -0.2) is 28.9 Å². The van der Waals surface area contributed by atoms with E-state index < -0.39 is 0 Å². The molecule has 1 aromatic rings. The molecule has 0 aliphatic heterocycles. The molecule has 0 aromatic carbocycles. The summed E-state index contributed by atoms with van der Waals surface area (Å²) in [7, 11) is 1.96. The summed E-state index contributed by atoms with van der Waals surface area (Å²) in [6.45, 7) is 2.31. The Morgan fingerprint density at radius 1 is 1.37 bits per heavy atom. The van der Waals surface area contributed by atoms with Crippen molar-refractivity contribution in [1.82, 2.24) is 9.88 Å². The maximum absolute atomic E-state index is 12.2. The highest BCUT2D eigenvalue weighted by molar-refractivity contribution is 5.76. The van der Waals surface area contributed by atoms with Crippen molar-refractivity contribution >= 4 is 5.91 Å². The summed E-state index contributed by atoms with van der Waals surface area (Å²) < 4.78 is 0. The fourth-order valence-electron chi connectivity index (χ4n) is 2.81. The van der Waals surface area contributed by atoms with Crippen molar-refractivity contribution in [3.63, 3.8) is 0 Å². The van der Waals surface area contributed by atoms with E-state index in [2.05, 4.69) is 11.9 Å². The smallest absolute Gasteiger partial charge is 0.222 e. The summed E-state index contributed by atoms with van der Waals surface area (Å²) in [6, 6.07) is 4.41. The Kier molecular flexibility index (Phi) is 4.94. The van der Waals surface area contributed by atoms with Gasteiger partial charge in [-0.05, 0) is 49.7 Å². The number of hydrogen-bond donors (Lipinski definition) is 0. The van der Waals surface area contributed by atoms with Gasteiger partial charge in [-0.25, -0.2) is 0 Å². The third-order valence-corrected chi connectivity index (χ3v) is 4.28. The average molecular weight is 260 g/mol. The van der Waals surface area contributed by atoms with Crippen LogP contribution in [0.1, 0.15) is 44.6 Å². The van der Waals surface area contributed by atoms with E-state index in [1.807, 2.05) is 30.3 Å². The molecule has 1 saturated carbocycles. The predicted molar refractivity (Wildman–Crippen MR) is 76.7 cm³/mol. The Hall–Kier alpha value is -1.38. The zero-order valence-electron chi connectivity index (χ0n) is 12.0. The maximum atomic E-state index is 12.2. The summed E-state index contributed by atoms with van der Waals surface area (Å²) in [5.74, 6) is 1.10. The minimum atomic E-state index is 0.267. The molecule has 104 valence electrons. The number of nitrogens with zero attached hydrogens (tertiary/aromatic N) is 2. The quantitative estimate of drug-likeness (QED) is 0.833. The largest absolute Gasteiger partial charge is 0.343 e. The Labute approximate surface area is 116 Å². The van der Waals surface area contributed by atoms with Crippen molar-refractivity contribution in [3.8, 4) is 0 Å². The van der Waals surface area contributed by atoms with Crippen molar-refractivity contribution in [2.75, 3.05) is 7.05 Å². The summed E-state index contributed by atoms with van der Waals surface area (Å²) in [5, 5.41) is 0. The first kappa shape index (κ1) is 14.0. The molecule has 1 fully saturated rings. The van der Waals surface area contributed by atoms with Gasteiger partial charge in [-0.15, -0.1) is 0 Å². The van der Waals surface area contributed by atoms with E-state index in [1.54, 1.807) is 6.20 Å². The Bertz CT molecular complexity index is 396. The number of amides is 1. The second kappa shape index (κ2) is 6.69. The lowest BCUT2D eigenvalue weighted by Gasteiger charge is -2.33. The summed E-state index contributed by atoms with van der Waals surface area (Å²) in [4.78, 5) is 18.3. The molecule has 0 atom stereocenters. The molecule has 1 aromatic heterocycles. The van der Waals surface area contributed by atoms with Crippen LogP contribution in [0.3, 0.4) is 0 Å². The Morgan fingerprint density at radius 3 is 2.74 bits per heavy atom. The van der Waals surface area contributed by atoms with E-state index in [0.717, 1.165) is 30.7 Å². The van der Waals surface area contributed by atoms with E-state index in [4.69, 9.17) is 0 Å². The molecule has 19 heavy (non-hydrogen) atoms. The molecule has 1 amide bonds. The SMILES string of the molecule is CC1CCC(N(C)C(=O)CCc2cccnc2)CC1. The lowest BCUT2D eigenvalue weighted by atomic mass is 9.86. The van der Waals surface area contributed by atoms with Crippen molar-refractivity contribution < 1.29 is 4.79 Å². The van der Waals surface area contributed by atoms with Crippen LogP contribution in [0.4, 0.5) is 0 Å². The molecule has 0 unspecified atom stereocenters. The van der Waals surface area contributed by atoms with Crippen LogP contribution in [0.2, 0.25) is 0 Å². The lowest BCUT2D eigenvalue weighted by Crippen LogP contribution is -2.39. The Balaban J connectivity index is 1.79. The van der Waals surface area contributed by atoms with Crippen LogP contribution in [0, 0.1) is 5.92 Å². The van der Waals surface area contributed by atoms with Crippen LogP contribution < -0.4 is 0 Å². The topological polar surface area (TPSA) is 33.2 Å². The van der Waals surface area contributed by atoms with E-state index in [9.17, 15) is 4.79 Å². The molecular formula is C16H24N2O. The third-order valence-electron chi connectivity index (χ3n) is 4.28. The van der Waals surface area contributed by atoms with Crippen LogP contribution in [0.5, 0.6) is 0 Å². The molecule has 1 heterocycles. The summed E-state index contributed by atoms with van der Waals surface area (Å²) >= 11 is 0. The van der Waals surface area contributed by atoms with E-state index in [1.165, 1.54) is 12.8 Å². The normalized spacial score (nSPS) is 23.1. The highest BCUT2D eigenvalue weighted by Crippen LogP contribution is 2.26. The second-order valence-corrected chi connectivity index (χ2v) is 5.78. The molecule has 0 spiro atoms. The van der Waals surface area contributed by atoms with Crippen LogP contribution >= 0.6 is 0 Å². The number of aryl methyl sites for hydroxylation is 1. The first-order valence-electron chi connectivity index (χ1n) is 7.31. The van der Waals surface area contributed by atoms with Gasteiger partial charge >= 0.3 is 0 Å². The fourth-order valence-corrected chi connectivity index (χ4v) is 2.81. The lowest BCUT2D eigenvalue weighted by molar-refractivity contribution is -0.132. The highest BCUT2D eigenvalue weighted by Gasteiger charge is 2.24. The average Bonchev–Trinajstić information content (AvgIpc) is 2.46. The number of carbonyl (C=O) groups excluding carboxylic acids is 1. The van der Waals surface area contributed by atoms with Gasteiger partial charge in [0, 0.05) is 31.9 Å². The number of rotatable bonds is 4. The monoisotopic (exact) mass is 260 g/mol. The summed E-state index contributed by atoms with van der Waals surface area (Å²) in [5.41, 5.74) is 1.14. The van der Waals surface area contributed by atoms with E-state index in [-0.39, 0.29) is 5.91 Å². The van der Waals surface area contributed by atoms with Gasteiger partial charge in [0.1, 0.15) is 0 Å². The molecule has 0 radical (unpaired) electrons. The second-order valence-electron chi connectivity index (χ2n) is 5.78. The molecule has 0 N–H and O–H groups in total. The van der Waals surface area contributed by atoms with Crippen LogP contribution in [-0.2, 0) is 11.2 Å². The van der Waals surface area contributed by atoms with Crippen LogP contribution in [0.15, 0.2) is 24.5 Å². The molecule has 0 bridgehead atoms. The van der Waals surface area contributed by atoms with E-state index in [0.29, 0.717) is 12.5 Å². The number of hydrogen-bond acceptors (Lipinski definition) is 2. The molecule has 1 aliphatic rings. The van der Waals surface area contributed by atoms with Gasteiger partial charge in [0.05, 0.1) is 0 Å². The first-order chi connectivity index (χ1) is 9.16. The molecule has 2 rings (SSSR count). The summed E-state index contributed by atoms with van der Waals surface area (Å²) in [6.07, 6.45) is 9.83. The van der Waals surface area contributed by atoms with Gasteiger partial charge in [-0.1, -0.05) is 13.0 Å². The van der Waals surface area contributed by atoms with Gasteiger partial charge in [0.2, 0.25) is 5.91 Å². The molecule has 1 aliphatic carbocycles. The third kappa shape index (κ3) is 4.05.